The summed E-state index contributed by atoms with van der Waals surface area (Å²) in [7, 11) is 1.70. The molecule has 0 radical (unpaired) electrons. The van der Waals surface area contributed by atoms with Gasteiger partial charge >= 0.3 is 0 Å². The maximum absolute atomic E-state index is 12.1. The standard InChI is InChI=1S/C18H25N3O2S/c1-13-15(10-14-8-6-5-7-9-14)20-17(19-13)24-11-16(22)21(4)12-18(2,3)23/h5-9,23H,10-12H2,1-4H3,(H,19,20). The van der Waals surface area contributed by atoms with E-state index in [9.17, 15) is 9.90 Å². The molecule has 0 aliphatic rings. The number of thioether (sulfide) groups is 1. The number of aliphatic hydroxyl groups is 1. The topological polar surface area (TPSA) is 69.2 Å². The van der Waals surface area contributed by atoms with Crippen molar-refractivity contribution >= 4 is 17.7 Å². The second-order valence-electron chi connectivity index (χ2n) is 6.63. The molecule has 5 nitrogen and oxygen atoms in total. The van der Waals surface area contributed by atoms with Gasteiger partial charge in [-0.15, -0.1) is 0 Å². The van der Waals surface area contributed by atoms with Crippen LogP contribution in [-0.4, -0.2) is 50.8 Å². The van der Waals surface area contributed by atoms with Crippen molar-refractivity contribution in [1.29, 1.82) is 0 Å². The predicted molar refractivity (Wildman–Crippen MR) is 97.2 cm³/mol. The Bertz CT molecular complexity index is 677. The van der Waals surface area contributed by atoms with Crippen LogP contribution >= 0.6 is 11.8 Å². The molecule has 130 valence electrons. The fourth-order valence-corrected chi connectivity index (χ4v) is 3.29. The summed E-state index contributed by atoms with van der Waals surface area (Å²) in [6.45, 7) is 5.69. The molecule has 24 heavy (non-hydrogen) atoms. The normalized spacial score (nSPS) is 11.5. The zero-order valence-corrected chi connectivity index (χ0v) is 15.5. The number of amides is 1. The second-order valence-corrected chi connectivity index (χ2v) is 7.59. The number of H-pyrrole nitrogens is 1. The Kier molecular flexibility index (Phi) is 6.07. The molecular formula is C18H25N3O2S. The number of aromatic nitrogens is 2. The van der Waals surface area contributed by atoms with Crippen LogP contribution in [0.15, 0.2) is 35.5 Å². The van der Waals surface area contributed by atoms with Gasteiger partial charge in [-0.25, -0.2) is 4.98 Å². The molecular weight excluding hydrogens is 322 g/mol. The average Bonchev–Trinajstić information content (AvgIpc) is 2.84. The van der Waals surface area contributed by atoms with Crippen LogP contribution in [0.5, 0.6) is 0 Å². The number of rotatable bonds is 7. The molecule has 1 amide bonds. The number of aromatic amines is 1. The number of imidazole rings is 1. The van der Waals surface area contributed by atoms with Gasteiger partial charge in [0.1, 0.15) is 0 Å². The molecule has 1 aromatic carbocycles. The lowest BCUT2D eigenvalue weighted by molar-refractivity contribution is -0.129. The average molecular weight is 347 g/mol. The summed E-state index contributed by atoms with van der Waals surface area (Å²) in [5, 5.41) is 10.5. The quantitative estimate of drug-likeness (QED) is 0.756. The van der Waals surface area contributed by atoms with E-state index in [2.05, 4.69) is 22.1 Å². The van der Waals surface area contributed by atoms with Crippen molar-refractivity contribution in [3.8, 4) is 0 Å². The van der Waals surface area contributed by atoms with Gasteiger partial charge in [0.05, 0.1) is 17.0 Å². The van der Waals surface area contributed by atoms with Crippen molar-refractivity contribution in [3.05, 3.63) is 47.3 Å². The molecule has 0 aliphatic heterocycles. The number of aryl methyl sites for hydroxylation is 1. The van der Waals surface area contributed by atoms with E-state index in [1.165, 1.54) is 17.3 Å². The molecule has 2 N–H and O–H groups in total. The van der Waals surface area contributed by atoms with Gasteiger partial charge in [0.25, 0.3) is 0 Å². The highest BCUT2D eigenvalue weighted by molar-refractivity contribution is 7.99. The minimum absolute atomic E-state index is 0.0270. The zero-order chi connectivity index (χ0) is 17.7. The Balaban J connectivity index is 1.92. The van der Waals surface area contributed by atoms with Gasteiger partial charge in [0.15, 0.2) is 5.16 Å². The summed E-state index contributed by atoms with van der Waals surface area (Å²) in [6.07, 6.45) is 0.774. The number of carbonyl (C=O) groups excluding carboxylic acids is 1. The fourth-order valence-electron chi connectivity index (χ4n) is 2.41. The van der Waals surface area contributed by atoms with E-state index >= 15 is 0 Å². The number of carbonyl (C=O) groups is 1. The first kappa shape index (κ1) is 18.5. The highest BCUT2D eigenvalue weighted by Gasteiger charge is 2.19. The molecule has 1 heterocycles. The monoisotopic (exact) mass is 347 g/mol. The van der Waals surface area contributed by atoms with Crippen LogP contribution in [0.2, 0.25) is 0 Å². The first-order valence-corrected chi connectivity index (χ1v) is 8.92. The van der Waals surface area contributed by atoms with E-state index in [1.807, 2.05) is 25.1 Å². The number of nitrogens with zero attached hydrogens (tertiary/aromatic N) is 2. The molecule has 2 rings (SSSR count). The Morgan fingerprint density at radius 3 is 2.62 bits per heavy atom. The van der Waals surface area contributed by atoms with Gasteiger partial charge in [0.2, 0.25) is 5.91 Å². The molecule has 0 fully saturated rings. The molecule has 2 aromatic rings. The van der Waals surface area contributed by atoms with E-state index in [1.54, 1.807) is 25.8 Å². The molecule has 0 atom stereocenters. The van der Waals surface area contributed by atoms with E-state index in [0.29, 0.717) is 12.3 Å². The molecule has 0 aliphatic carbocycles. The SMILES string of the molecule is Cc1[nH]c(SCC(=O)N(C)CC(C)(C)O)nc1Cc1ccccc1. The van der Waals surface area contributed by atoms with Crippen molar-refractivity contribution in [2.24, 2.45) is 0 Å². The lowest BCUT2D eigenvalue weighted by atomic mass is 10.1. The summed E-state index contributed by atoms with van der Waals surface area (Å²) < 4.78 is 0. The number of benzene rings is 1. The maximum Gasteiger partial charge on any atom is 0.232 e. The minimum Gasteiger partial charge on any atom is -0.389 e. The van der Waals surface area contributed by atoms with E-state index in [0.717, 1.165) is 23.0 Å². The lowest BCUT2D eigenvalue weighted by Crippen LogP contribution is -2.40. The third-order valence-corrected chi connectivity index (χ3v) is 4.42. The molecule has 1 aromatic heterocycles. The molecule has 0 spiro atoms. The van der Waals surface area contributed by atoms with Crippen LogP contribution in [0.1, 0.15) is 30.8 Å². The summed E-state index contributed by atoms with van der Waals surface area (Å²) in [5.41, 5.74) is 2.35. The Morgan fingerprint density at radius 1 is 1.33 bits per heavy atom. The van der Waals surface area contributed by atoms with E-state index < -0.39 is 5.60 Å². The smallest absolute Gasteiger partial charge is 0.232 e. The van der Waals surface area contributed by atoms with Crippen LogP contribution < -0.4 is 0 Å². The number of nitrogens with one attached hydrogen (secondary N) is 1. The Labute approximate surface area is 147 Å². The predicted octanol–water partition coefficient (Wildman–Crippen LogP) is 2.63. The zero-order valence-electron chi connectivity index (χ0n) is 14.7. The van der Waals surface area contributed by atoms with Crippen LogP contribution in [0, 0.1) is 6.92 Å². The summed E-state index contributed by atoms with van der Waals surface area (Å²) in [5.74, 6) is 0.269. The third-order valence-electron chi connectivity index (χ3n) is 3.56. The molecule has 0 saturated carbocycles. The fraction of sp³-hybridized carbons (Fsp3) is 0.444. The minimum atomic E-state index is -0.890. The van der Waals surface area contributed by atoms with Crippen molar-refractivity contribution < 1.29 is 9.90 Å². The second kappa shape index (κ2) is 7.85. The number of hydrogen-bond acceptors (Lipinski definition) is 4. The van der Waals surface area contributed by atoms with Crippen LogP contribution in [-0.2, 0) is 11.2 Å². The first-order chi connectivity index (χ1) is 11.2. The van der Waals surface area contributed by atoms with Crippen LogP contribution in [0.3, 0.4) is 0 Å². The van der Waals surface area contributed by atoms with Gasteiger partial charge in [0, 0.05) is 25.7 Å². The molecule has 0 saturated heterocycles. The van der Waals surface area contributed by atoms with E-state index in [-0.39, 0.29) is 5.91 Å². The number of hydrogen-bond donors (Lipinski definition) is 2. The van der Waals surface area contributed by atoms with Crippen LogP contribution in [0.25, 0.3) is 0 Å². The molecule has 0 unspecified atom stereocenters. The Hall–Kier alpha value is -1.79. The van der Waals surface area contributed by atoms with Gasteiger partial charge in [-0.05, 0) is 26.3 Å². The van der Waals surface area contributed by atoms with Crippen molar-refractivity contribution in [1.82, 2.24) is 14.9 Å². The summed E-state index contributed by atoms with van der Waals surface area (Å²) >= 11 is 1.39. The van der Waals surface area contributed by atoms with Gasteiger partial charge in [-0.2, -0.15) is 0 Å². The van der Waals surface area contributed by atoms with Gasteiger partial charge in [-0.1, -0.05) is 42.1 Å². The molecule has 0 bridgehead atoms. The largest absolute Gasteiger partial charge is 0.389 e. The highest BCUT2D eigenvalue weighted by atomic mass is 32.2. The van der Waals surface area contributed by atoms with Crippen molar-refractivity contribution in [2.75, 3.05) is 19.3 Å². The van der Waals surface area contributed by atoms with E-state index in [4.69, 9.17) is 0 Å². The Morgan fingerprint density at radius 2 is 2.00 bits per heavy atom. The van der Waals surface area contributed by atoms with Gasteiger partial charge in [-0.3, -0.25) is 4.79 Å². The maximum atomic E-state index is 12.1. The highest BCUT2D eigenvalue weighted by Crippen LogP contribution is 2.19. The summed E-state index contributed by atoms with van der Waals surface area (Å²) in [6, 6.07) is 10.2. The van der Waals surface area contributed by atoms with Gasteiger partial charge < -0.3 is 15.0 Å². The van der Waals surface area contributed by atoms with Crippen molar-refractivity contribution in [3.63, 3.8) is 0 Å². The first-order valence-electron chi connectivity index (χ1n) is 7.93. The lowest BCUT2D eigenvalue weighted by Gasteiger charge is -2.25. The van der Waals surface area contributed by atoms with Crippen LogP contribution in [0.4, 0.5) is 0 Å². The summed E-state index contributed by atoms with van der Waals surface area (Å²) in [4.78, 5) is 21.5. The third kappa shape index (κ3) is 5.69. The molecule has 6 heteroatoms. The number of likely N-dealkylation sites (N-methyl/N-ethyl adjacent to an activating group) is 1. The van der Waals surface area contributed by atoms with Crippen molar-refractivity contribution in [2.45, 2.75) is 37.9 Å².